The van der Waals surface area contributed by atoms with Crippen molar-refractivity contribution < 1.29 is 27.4 Å². The minimum absolute atomic E-state index is 0.0120. The lowest BCUT2D eigenvalue weighted by Crippen LogP contribution is -2.36. The maximum Gasteiger partial charge on any atom is 0.416 e. The van der Waals surface area contributed by atoms with Crippen LogP contribution >= 0.6 is 0 Å². The van der Waals surface area contributed by atoms with E-state index in [0.29, 0.717) is 30.9 Å². The average molecular weight is 382 g/mol. The lowest BCUT2D eigenvalue weighted by Gasteiger charge is -2.11. The third-order valence-corrected chi connectivity index (χ3v) is 3.64. The Labute approximate surface area is 155 Å². The van der Waals surface area contributed by atoms with Crippen LogP contribution in [0.15, 0.2) is 48.5 Å². The Hall–Kier alpha value is -2.90. The van der Waals surface area contributed by atoms with Crippen LogP contribution in [0.3, 0.4) is 0 Å². The van der Waals surface area contributed by atoms with E-state index in [-0.39, 0.29) is 6.54 Å². The molecule has 8 heteroatoms. The highest BCUT2D eigenvalue weighted by Gasteiger charge is 2.30. The zero-order valence-corrected chi connectivity index (χ0v) is 14.8. The number of alkyl halides is 3. The maximum atomic E-state index is 12.6. The van der Waals surface area contributed by atoms with E-state index < -0.39 is 17.8 Å². The molecule has 2 amide bonds. The van der Waals surface area contributed by atoms with Crippen molar-refractivity contribution in [3.63, 3.8) is 0 Å². The smallest absolute Gasteiger partial charge is 0.416 e. The fourth-order valence-corrected chi connectivity index (χ4v) is 2.24. The number of benzene rings is 2. The number of hydrogen-bond donors (Lipinski definition) is 2. The fraction of sp³-hybridized carbons (Fsp3) is 0.316. The summed E-state index contributed by atoms with van der Waals surface area (Å²) < 4.78 is 48.5. The Balaban J connectivity index is 1.63. The second-order valence-corrected chi connectivity index (χ2v) is 5.69. The van der Waals surface area contributed by atoms with E-state index in [4.69, 9.17) is 9.47 Å². The van der Waals surface area contributed by atoms with Gasteiger partial charge in [-0.1, -0.05) is 12.1 Å². The summed E-state index contributed by atoms with van der Waals surface area (Å²) >= 11 is 0. The van der Waals surface area contributed by atoms with Gasteiger partial charge >= 0.3 is 12.2 Å². The van der Waals surface area contributed by atoms with Crippen molar-refractivity contribution >= 4 is 6.03 Å². The number of rotatable bonds is 8. The first kappa shape index (κ1) is 20.4. The van der Waals surface area contributed by atoms with Crippen molar-refractivity contribution in [2.45, 2.75) is 19.1 Å². The van der Waals surface area contributed by atoms with Crippen molar-refractivity contribution in [3.8, 4) is 11.5 Å². The highest BCUT2D eigenvalue weighted by Crippen LogP contribution is 2.29. The molecule has 2 N–H and O–H groups in total. The number of halogens is 3. The SMILES string of the molecule is COc1ccc(OCCCNC(=O)NCc2cccc(C(F)(F)F)c2)cc1. The molecule has 0 aliphatic carbocycles. The Morgan fingerprint density at radius 2 is 1.74 bits per heavy atom. The molecule has 0 radical (unpaired) electrons. The van der Waals surface area contributed by atoms with Crippen LogP contribution in [0.25, 0.3) is 0 Å². The first-order chi connectivity index (χ1) is 12.9. The maximum absolute atomic E-state index is 12.6. The normalized spacial score (nSPS) is 11.0. The molecule has 2 aromatic carbocycles. The number of urea groups is 1. The zero-order valence-electron chi connectivity index (χ0n) is 14.8. The standard InChI is InChI=1S/C19H21F3N2O3/c1-26-16-6-8-17(9-7-16)27-11-3-10-23-18(25)24-13-14-4-2-5-15(12-14)19(20,21)22/h2,4-9,12H,3,10-11,13H2,1H3,(H2,23,24,25). The van der Waals surface area contributed by atoms with E-state index in [9.17, 15) is 18.0 Å². The van der Waals surface area contributed by atoms with E-state index in [1.165, 1.54) is 12.1 Å². The summed E-state index contributed by atoms with van der Waals surface area (Å²) in [5, 5.41) is 5.16. The Morgan fingerprint density at radius 1 is 1.04 bits per heavy atom. The van der Waals surface area contributed by atoms with Gasteiger partial charge in [-0.2, -0.15) is 13.2 Å². The number of amides is 2. The molecule has 0 aliphatic rings. The largest absolute Gasteiger partial charge is 0.497 e. The predicted octanol–water partition coefficient (Wildman–Crippen LogP) is 3.98. The summed E-state index contributed by atoms with van der Waals surface area (Å²) in [7, 11) is 1.58. The molecule has 2 aromatic rings. The summed E-state index contributed by atoms with van der Waals surface area (Å²) in [4.78, 5) is 11.7. The molecule has 0 bridgehead atoms. The van der Waals surface area contributed by atoms with Crippen LogP contribution in [0.5, 0.6) is 11.5 Å². The minimum atomic E-state index is -4.40. The second kappa shape index (κ2) is 9.70. The first-order valence-corrected chi connectivity index (χ1v) is 8.33. The lowest BCUT2D eigenvalue weighted by atomic mass is 10.1. The number of carbonyl (C=O) groups excluding carboxylic acids is 1. The lowest BCUT2D eigenvalue weighted by molar-refractivity contribution is -0.137. The van der Waals surface area contributed by atoms with E-state index in [1.807, 2.05) is 0 Å². The van der Waals surface area contributed by atoms with Crippen molar-refractivity contribution in [1.82, 2.24) is 10.6 Å². The Kier molecular flexibility index (Phi) is 7.34. The minimum Gasteiger partial charge on any atom is -0.497 e. The summed E-state index contributed by atoms with van der Waals surface area (Å²) in [6, 6.07) is 11.5. The molecule has 0 aromatic heterocycles. The molecule has 0 unspecified atom stereocenters. The molecular formula is C19H21F3N2O3. The fourth-order valence-electron chi connectivity index (χ4n) is 2.24. The van der Waals surface area contributed by atoms with Crippen LogP contribution in [0.1, 0.15) is 17.5 Å². The van der Waals surface area contributed by atoms with Crippen LogP contribution < -0.4 is 20.1 Å². The zero-order chi connectivity index (χ0) is 19.7. The van der Waals surface area contributed by atoms with E-state index in [2.05, 4.69) is 10.6 Å². The number of methoxy groups -OCH3 is 1. The molecule has 0 saturated carbocycles. The van der Waals surface area contributed by atoms with Crippen LogP contribution in [0, 0.1) is 0 Å². The molecule has 0 heterocycles. The third kappa shape index (κ3) is 7.08. The Morgan fingerprint density at radius 3 is 2.41 bits per heavy atom. The van der Waals surface area contributed by atoms with Crippen molar-refractivity contribution in [2.24, 2.45) is 0 Å². The first-order valence-electron chi connectivity index (χ1n) is 8.33. The van der Waals surface area contributed by atoms with Crippen LogP contribution in [0.2, 0.25) is 0 Å². The molecule has 0 atom stereocenters. The van der Waals surface area contributed by atoms with Gasteiger partial charge in [0, 0.05) is 13.1 Å². The number of ether oxygens (including phenoxy) is 2. The van der Waals surface area contributed by atoms with Gasteiger partial charge in [0.15, 0.2) is 0 Å². The highest BCUT2D eigenvalue weighted by molar-refractivity contribution is 5.73. The average Bonchev–Trinajstić information content (AvgIpc) is 2.66. The predicted molar refractivity (Wildman–Crippen MR) is 94.8 cm³/mol. The molecule has 2 rings (SSSR count). The summed E-state index contributed by atoms with van der Waals surface area (Å²) in [6.45, 7) is 0.808. The van der Waals surface area contributed by atoms with Gasteiger partial charge in [-0.3, -0.25) is 0 Å². The van der Waals surface area contributed by atoms with Crippen LogP contribution in [-0.2, 0) is 12.7 Å². The van der Waals surface area contributed by atoms with Gasteiger partial charge in [-0.25, -0.2) is 4.79 Å². The second-order valence-electron chi connectivity index (χ2n) is 5.69. The van der Waals surface area contributed by atoms with Crippen LogP contribution in [-0.4, -0.2) is 26.3 Å². The molecule has 27 heavy (non-hydrogen) atoms. The van der Waals surface area contributed by atoms with Gasteiger partial charge in [0.2, 0.25) is 0 Å². The molecular weight excluding hydrogens is 361 g/mol. The van der Waals surface area contributed by atoms with Crippen LogP contribution in [0.4, 0.5) is 18.0 Å². The molecule has 5 nitrogen and oxygen atoms in total. The molecule has 0 fully saturated rings. The molecule has 0 spiro atoms. The van der Waals surface area contributed by atoms with E-state index >= 15 is 0 Å². The Bertz CT molecular complexity index is 734. The summed E-state index contributed by atoms with van der Waals surface area (Å²) in [6.07, 6.45) is -3.81. The van der Waals surface area contributed by atoms with E-state index in [0.717, 1.165) is 17.9 Å². The number of hydrogen-bond acceptors (Lipinski definition) is 3. The van der Waals surface area contributed by atoms with Gasteiger partial charge in [0.05, 0.1) is 19.3 Å². The number of carbonyl (C=O) groups is 1. The van der Waals surface area contributed by atoms with Gasteiger partial charge in [-0.15, -0.1) is 0 Å². The molecule has 0 saturated heterocycles. The highest BCUT2D eigenvalue weighted by atomic mass is 19.4. The van der Waals surface area contributed by atoms with Crippen molar-refractivity contribution in [3.05, 3.63) is 59.7 Å². The van der Waals surface area contributed by atoms with E-state index in [1.54, 1.807) is 31.4 Å². The summed E-state index contributed by atoms with van der Waals surface area (Å²) in [5.74, 6) is 1.44. The summed E-state index contributed by atoms with van der Waals surface area (Å²) in [5.41, 5.74) is -0.360. The molecule has 0 aliphatic heterocycles. The topological polar surface area (TPSA) is 59.6 Å². The third-order valence-electron chi connectivity index (χ3n) is 3.64. The van der Waals surface area contributed by atoms with Gasteiger partial charge in [-0.05, 0) is 48.4 Å². The molecule has 146 valence electrons. The van der Waals surface area contributed by atoms with Gasteiger partial charge in [0.25, 0.3) is 0 Å². The quantitative estimate of drug-likeness (QED) is 0.679. The number of nitrogens with one attached hydrogen (secondary N) is 2. The van der Waals surface area contributed by atoms with Crippen molar-refractivity contribution in [2.75, 3.05) is 20.3 Å². The van der Waals surface area contributed by atoms with Gasteiger partial charge < -0.3 is 20.1 Å². The van der Waals surface area contributed by atoms with Crippen molar-refractivity contribution in [1.29, 1.82) is 0 Å². The van der Waals surface area contributed by atoms with Gasteiger partial charge in [0.1, 0.15) is 11.5 Å². The monoisotopic (exact) mass is 382 g/mol.